The molecule has 0 spiro atoms. The molecule has 0 saturated heterocycles. The Labute approximate surface area is 92.4 Å². The molecule has 0 aliphatic heterocycles. The van der Waals surface area contributed by atoms with Gasteiger partial charge in [0.1, 0.15) is 0 Å². The van der Waals surface area contributed by atoms with Crippen LogP contribution in [0.3, 0.4) is 0 Å². The van der Waals surface area contributed by atoms with Crippen LogP contribution in [-0.2, 0) is 0 Å². The molecule has 4 atom stereocenters. The van der Waals surface area contributed by atoms with E-state index in [4.69, 9.17) is 18.0 Å². The summed E-state index contributed by atoms with van der Waals surface area (Å²) in [5.74, 6) is 2.36. The molecule has 1 nitrogen and oxygen atoms in total. The molecular weight excluding hydrogens is 190 g/mol. The number of fused-ring (bicyclic) bond motifs is 1. The van der Waals surface area contributed by atoms with Crippen molar-refractivity contribution in [2.45, 2.75) is 51.5 Å². The zero-order chi connectivity index (χ0) is 10.3. The standard InChI is InChI=1S/C12H21NS/c1-8-5-6-12(13)7-10(14)3-4-11(12)9(8)2/h8-9,11H,3-7,13H2,1-2H3/t8?,9?,11?,12-/m0/s1. The largest absolute Gasteiger partial charge is 0.325 e. The molecule has 0 amide bonds. The van der Waals surface area contributed by atoms with E-state index in [-0.39, 0.29) is 5.54 Å². The van der Waals surface area contributed by atoms with Gasteiger partial charge in [-0.2, -0.15) is 0 Å². The molecule has 2 heteroatoms. The third kappa shape index (κ3) is 1.63. The molecule has 14 heavy (non-hydrogen) atoms. The molecule has 3 unspecified atom stereocenters. The Balaban J connectivity index is 2.19. The van der Waals surface area contributed by atoms with Gasteiger partial charge in [0.2, 0.25) is 0 Å². The first kappa shape index (κ1) is 10.6. The van der Waals surface area contributed by atoms with Crippen molar-refractivity contribution in [1.29, 1.82) is 0 Å². The van der Waals surface area contributed by atoms with Crippen LogP contribution >= 0.6 is 12.2 Å². The van der Waals surface area contributed by atoms with Gasteiger partial charge < -0.3 is 5.73 Å². The third-order valence-electron chi connectivity index (χ3n) is 4.60. The number of hydrogen-bond acceptors (Lipinski definition) is 2. The molecule has 2 fully saturated rings. The van der Waals surface area contributed by atoms with Crippen LogP contribution in [0.25, 0.3) is 0 Å². The van der Waals surface area contributed by atoms with Crippen LogP contribution in [-0.4, -0.2) is 10.4 Å². The number of hydrogen-bond donors (Lipinski definition) is 1. The summed E-state index contributed by atoms with van der Waals surface area (Å²) in [6, 6.07) is 0. The van der Waals surface area contributed by atoms with Gasteiger partial charge in [-0.25, -0.2) is 0 Å². The summed E-state index contributed by atoms with van der Waals surface area (Å²) in [6.45, 7) is 4.75. The lowest BCUT2D eigenvalue weighted by Gasteiger charge is -2.50. The van der Waals surface area contributed by atoms with Crippen molar-refractivity contribution in [3.63, 3.8) is 0 Å². The first-order valence-corrected chi connectivity index (χ1v) is 6.24. The van der Waals surface area contributed by atoms with Crippen molar-refractivity contribution < 1.29 is 0 Å². The molecule has 0 bridgehead atoms. The number of rotatable bonds is 0. The maximum atomic E-state index is 6.52. The summed E-state index contributed by atoms with van der Waals surface area (Å²) in [6.07, 6.45) is 5.85. The van der Waals surface area contributed by atoms with Gasteiger partial charge in [-0.05, 0) is 54.7 Å². The second-order valence-corrected chi connectivity index (χ2v) is 6.05. The number of nitrogens with two attached hydrogens (primary N) is 1. The van der Waals surface area contributed by atoms with Gasteiger partial charge >= 0.3 is 0 Å². The molecule has 2 N–H and O–H groups in total. The predicted octanol–water partition coefficient (Wildman–Crippen LogP) is 2.92. The highest BCUT2D eigenvalue weighted by atomic mass is 32.1. The van der Waals surface area contributed by atoms with Crippen LogP contribution in [0.15, 0.2) is 0 Å². The quantitative estimate of drug-likeness (QED) is 0.623. The van der Waals surface area contributed by atoms with Crippen LogP contribution in [0.5, 0.6) is 0 Å². The monoisotopic (exact) mass is 211 g/mol. The Bertz CT molecular complexity index is 251. The first-order chi connectivity index (χ1) is 6.53. The molecule has 0 heterocycles. The highest BCUT2D eigenvalue weighted by Crippen LogP contribution is 2.46. The van der Waals surface area contributed by atoms with E-state index in [1.54, 1.807) is 0 Å². The average Bonchev–Trinajstić information content (AvgIpc) is 2.12. The van der Waals surface area contributed by atoms with Gasteiger partial charge in [0, 0.05) is 5.54 Å². The van der Waals surface area contributed by atoms with Gasteiger partial charge in [0.15, 0.2) is 0 Å². The van der Waals surface area contributed by atoms with Crippen molar-refractivity contribution in [2.75, 3.05) is 0 Å². The fraction of sp³-hybridized carbons (Fsp3) is 0.917. The SMILES string of the molecule is CC1CC[C@]2(N)CC(=S)CCC2C1C. The highest BCUT2D eigenvalue weighted by Gasteiger charge is 2.45. The molecule has 0 aromatic heterocycles. The van der Waals surface area contributed by atoms with E-state index in [9.17, 15) is 0 Å². The van der Waals surface area contributed by atoms with Gasteiger partial charge in [-0.3, -0.25) is 0 Å². The van der Waals surface area contributed by atoms with Crippen LogP contribution < -0.4 is 5.73 Å². The Morgan fingerprint density at radius 1 is 1.36 bits per heavy atom. The lowest BCUT2D eigenvalue weighted by atomic mass is 9.58. The normalized spacial score (nSPS) is 48.8. The van der Waals surface area contributed by atoms with Gasteiger partial charge in [-0.15, -0.1) is 0 Å². The summed E-state index contributed by atoms with van der Waals surface area (Å²) in [7, 11) is 0. The van der Waals surface area contributed by atoms with E-state index >= 15 is 0 Å². The molecule has 2 aliphatic rings. The minimum Gasteiger partial charge on any atom is -0.325 e. The second-order valence-electron chi connectivity index (χ2n) is 5.47. The summed E-state index contributed by atoms with van der Waals surface area (Å²) < 4.78 is 0. The Kier molecular flexibility index (Phi) is 2.69. The topological polar surface area (TPSA) is 26.0 Å². The average molecular weight is 211 g/mol. The summed E-state index contributed by atoms with van der Waals surface area (Å²) >= 11 is 5.33. The lowest BCUT2D eigenvalue weighted by molar-refractivity contribution is 0.0741. The summed E-state index contributed by atoms with van der Waals surface area (Å²) in [4.78, 5) is 1.21. The minimum atomic E-state index is 0.0568. The molecular formula is C12H21NS. The molecule has 0 aromatic rings. The predicted molar refractivity (Wildman–Crippen MR) is 64.4 cm³/mol. The molecule has 2 saturated carbocycles. The van der Waals surface area contributed by atoms with E-state index in [0.717, 1.165) is 30.6 Å². The Hall–Kier alpha value is 0.0500. The molecule has 2 aliphatic carbocycles. The number of thiocarbonyl (C=S) groups is 1. The van der Waals surface area contributed by atoms with Crippen molar-refractivity contribution >= 4 is 17.1 Å². The first-order valence-electron chi connectivity index (χ1n) is 5.83. The van der Waals surface area contributed by atoms with Crippen molar-refractivity contribution in [3.05, 3.63) is 0 Å². The van der Waals surface area contributed by atoms with Crippen molar-refractivity contribution in [2.24, 2.45) is 23.5 Å². The van der Waals surface area contributed by atoms with E-state index < -0.39 is 0 Å². The maximum absolute atomic E-state index is 6.52. The maximum Gasteiger partial charge on any atom is 0.0231 e. The van der Waals surface area contributed by atoms with Crippen LogP contribution in [0, 0.1) is 17.8 Å². The fourth-order valence-corrected chi connectivity index (χ4v) is 3.79. The van der Waals surface area contributed by atoms with E-state index in [1.165, 1.54) is 24.1 Å². The zero-order valence-corrected chi connectivity index (χ0v) is 10.1. The summed E-state index contributed by atoms with van der Waals surface area (Å²) in [5, 5.41) is 0. The van der Waals surface area contributed by atoms with Crippen molar-refractivity contribution in [3.8, 4) is 0 Å². The Morgan fingerprint density at radius 2 is 2.07 bits per heavy atom. The van der Waals surface area contributed by atoms with Crippen LogP contribution in [0.4, 0.5) is 0 Å². The second kappa shape index (κ2) is 3.57. The van der Waals surface area contributed by atoms with Crippen LogP contribution in [0.2, 0.25) is 0 Å². The zero-order valence-electron chi connectivity index (χ0n) is 9.25. The molecule has 0 aromatic carbocycles. The van der Waals surface area contributed by atoms with Gasteiger partial charge in [-0.1, -0.05) is 26.1 Å². The minimum absolute atomic E-state index is 0.0568. The van der Waals surface area contributed by atoms with Gasteiger partial charge in [0.25, 0.3) is 0 Å². The molecule has 0 radical (unpaired) electrons. The summed E-state index contributed by atoms with van der Waals surface area (Å²) in [5.41, 5.74) is 6.58. The molecule has 2 rings (SSSR count). The molecule has 80 valence electrons. The third-order valence-corrected chi connectivity index (χ3v) is 4.94. The smallest absolute Gasteiger partial charge is 0.0231 e. The van der Waals surface area contributed by atoms with E-state index in [0.29, 0.717) is 0 Å². The van der Waals surface area contributed by atoms with E-state index in [2.05, 4.69) is 13.8 Å². The lowest BCUT2D eigenvalue weighted by Crippen LogP contribution is -2.57. The Morgan fingerprint density at radius 3 is 2.79 bits per heavy atom. The highest BCUT2D eigenvalue weighted by molar-refractivity contribution is 7.80. The van der Waals surface area contributed by atoms with E-state index in [1.807, 2.05) is 0 Å². The van der Waals surface area contributed by atoms with Crippen LogP contribution in [0.1, 0.15) is 46.0 Å². The van der Waals surface area contributed by atoms with Crippen molar-refractivity contribution in [1.82, 2.24) is 0 Å². The fourth-order valence-electron chi connectivity index (χ4n) is 3.41. The van der Waals surface area contributed by atoms with Gasteiger partial charge in [0.05, 0.1) is 0 Å².